The predicted octanol–water partition coefficient (Wildman–Crippen LogP) is 4.06. The van der Waals surface area contributed by atoms with Crippen molar-refractivity contribution in [2.45, 2.75) is 25.6 Å². The van der Waals surface area contributed by atoms with E-state index in [9.17, 15) is 13.2 Å². The quantitative estimate of drug-likeness (QED) is 0.847. The number of nitrogens with zero attached hydrogens (tertiary/aromatic N) is 1. The minimum atomic E-state index is -4.31. The smallest absolute Gasteiger partial charge is 0.330 e. The van der Waals surface area contributed by atoms with Crippen LogP contribution in [0, 0.1) is 5.92 Å². The molecule has 0 amide bonds. The van der Waals surface area contributed by atoms with Crippen LogP contribution in [0.15, 0.2) is 22.7 Å². The van der Waals surface area contributed by atoms with Gasteiger partial charge in [-0.3, -0.25) is 4.90 Å². The first-order valence-electron chi connectivity index (χ1n) is 6.68. The number of hydrogen-bond acceptors (Lipinski definition) is 2. The van der Waals surface area contributed by atoms with Crippen LogP contribution in [0.2, 0.25) is 0 Å². The summed E-state index contributed by atoms with van der Waals surface area (Å²) in [5.41, 5.74) is 5.42. The molecule has 0 aliphatic carbocycles. The third-order valence-corrected chi connectivity index (χ3v) is 4.31. The van der Waals surface area contributed by atoms with Crippen LogP contribution in [0.3, 0.4) is 0 Å². The Morgan fingerprint density at radius 1 is 1.24 bits per heavy atom. The Morgan fingerprint density at radius 2 is 1.86 bits per heavy atom. The van der Waals surface area contributed by atoms with Crippen LogP contribution in [0.25, 0.3) is 0 Å². The van der Waals surface area contributed by atoms with Gasteiger partial charge in [-0.15, -0.1) is 12.4 Å². The molecule has 0 radical (unpaired) electrons. The minimum absolute atomic E-state index is 0. The van der Waals surface area contributed by atoms with Crippen molar-refractivity contribution in [3.05, 3.63) is 33.8 Å². The Kier molecular flexibility index (Phi) is 6.97. The summed E-state index contributed by atoms with van der Waals surface area (Å²) < 4.78 is 39.6. The van der Waals surface area contributed by atoms with Crippen molar-refractivity contribution < 1.29 is 13.2 Å². The Labute approximate surface area is 137 Å². The van der Waals surface area contributed by atoms with Gasteiger partial charge in [0.05, 0.1) is 5.56 Å². The molecule has 21 heavy (non-hydrogen) atoms. The number of likely N-dealkylation sites (tertiary alicyclic amines) is 1. The van der Waals surface area contributed by atoms with Crippen molar-refractivity contribution in [1.82, 2.24) is 4.90 Å². The highest BCUT2D eigenvalue weighted by Gasteiger charge is 2.34. The van der Waals surface area contributed by atoms with Crippen molar-refractivity contribution in [3.8, 4) is 0 Å². The molecule has 1 saturated heterocycles. The van der Waals surface area contributed by atoms with Gasteiger partial charge in [-0.1, -0.05) is 22.0 Å². The molecular formula is C14H19BrClF3N2. The number of rotatable bonds is 3. The minimum Gasteiger partial charge on any atom is -0.330 e. The molecule has 1 fully saturated rings. The van der Waals surface area contributed by atoms with Crippen LogP contribution in [0.1, 0.15) is 24.0 Å². The molecule has 0 aromatic heterocycles. The number of alkyl halides is 3. The van der Waals surface area contributed by atoms with E-state index in [1.807, 2.05) is 0 Å². The topological polar surface area (TPSA) is 29.3 Å². The van der Waals surface area contributed by atoms with Gasteiger partial charge < -0.3 is 5.73 Å². The van der Waals surface area contributed by atoms with Gasteiger partial charge in [-0.2, -0.15) is 13.2 Å². The van der Waals surface area contributed by atoms with E-state index in [1.165, 1.54) is 0 Å². The Morgan fingerprint density at radius 3 is 2.38 bits per heavy atom. The van der Waals surface area contributed by atoms with Gasteiger partial charge in [0.25, 0.3) is 0 Å². The Balaban J connectivity index is 0.00000220. The second-order valence-corrected chi connectivity index (χ2v) is 6.17. The first kappa shape index (κ1) is 18.7. The molecule has 0 spiro atoms. The van der Waals surface area contributed by atoms with Crippen LogP contribution >= 0.6 is 28.3 Å². The molecule has 1 aromatic rings. The highest BCUT2D eigenvalue weighted by atomic mass is 79.9. The Bertz CT molecular complexity index is 460. The SMILES string of the molecule is Cl.NCC1CCN(Cc2ccc(Br)cc2C(F)(F)F)CC1. The second-order valence-electron chi connectivity index (χ2n) is 5.25. The predicted molar refractivity (Wildman–Crippen MR) is 83.4 cm³/mol. The first-order valence-corrected chi connectivity index (χ1v) is 7.47. The summed E-state index contributed by atoms with van der Waals surface area (Å²) in [6, 6.07) is 4.38. The lowest BCUT2D eigenvalue weighted by atomic mass is 9.96. The molecule has 0 unspecified atom stereocenters. The molecule has 0 bridgehead atoms. The van der Waals surface area contributed by atoms with Gasteiger partial charge in [-0.25, -0.2) is 0 Å². The third-order valence-electron chi connectivity index (χ3n) is 3.81. The van der Waals surface area contributed by atoms with Crippen LogP contribution in [0.5, 0.6) is 0 Å². The molecule has 1 aliphatic heterocycles. The van der Waals surface area contributed by atoms with Crippen molar-refractivity contribution in [1.29, 1.82) is 0 Å². The number of benzene rings is 1. The molecule has 1 aromatic carbocycles. The molecule has 120 valence electrons. The van der Waals surface area contributed by atoms with Gasteiger partial charge >= 0.3 is 6.18 Å². The first-order chi connectivity index (χ1) is 9.40. The van der Waals surface area contributed by atoms with Gasteiger partial charge in [0.1, 0.15) is 0 Å². The highest BCUT2D eigenvalue weighted by Crippen LogP contribution is 2.34. The zero-order valence-corrected chi connectivity index (χ0v) is 13.9. The maximum atomic E-state index is 13.0. The van der Waals surface area contributed by atoms with Crippen LogP contribution in [-0.2, 0) is 12.7 Å². The van der Waals surface area contributed by atoms with Gasteiger partial charge in [0.15, 0.2) is 0 Å². The fraction of sp³-hybridized carbons (Fsp3) is 0.571. The molecule has 7 heteroatoms. The van der Waals surface area contributed by atoms with E-state index in [0.29, 0.717) is 29.0 Å². The molecule has 0 atom stereocenters. The van der Waals surface area contributed by atoms with E-state index in [0.717, 1.165) is 32.0 Å². The lowest BCUT2D eigenvalue weighted by molar-refractivity contribution is -0.138. The van der Waals surface area contributed by atoms with E-state index in [-0.39, 0.29) is 12.4 Å². The molecule has 2 N–H and O–H groups in total. The maximum Gasteiger partial charge on any atom is 0.416 e. The molecule has 2 rings (SSSR count). The number of piperidine rings is 1. The average molecular weight is 388 g/mol. The maximum absolute atomic E-state index is 13.0. The summed E-state index contributed by atoms with van der Waals surface area (Å²) in [5.74, 6) is 0.512. The standard InChI is InChI=1S/C14H18BrF3N2.ClH/c15-12-2-1-11(13(7-12)14(16,17)18)9-20-5-3-10(8-19)4-6-20;/h1-2,7,10H,3-6,8-9,19H2;1H. The zero-order valence-electron chi connectivity index (χ0n) is 11.5. The summed E-state index contributed by atoms with van der Waals surface area (Å²) in [6.07, 6.45) is -2.38. The van der Waals surface area contributed by atoms with Crippen molar-refractivity contribution in [2.24, 2.45) is 11.7 Å². The summed E-state index contributed by atoms with van der Waals surface area (Å²) >= 11 is 3.10. The van der Waals surface area contributed by atoms with Crippen molar-refractivity contribution in [2.75, 3.05) is 19.6 Å². The van der Waals surface area contributed by atoms with Gasteiger partial charge in [0.2, 0.25) is 0 Å². The lowest BCUT2D eigenvalue weighted by Gasteiger charge is -2.32. The monoisotopic (exact) mass is 386 g/mol. The highest BCUT2D eigenvalue weighted by molar-refractivity contribution is 9.10. The van der Waals surface area contributed by atoms with Crippen molar-refractivity contribution >= 4 is 28.3 Å². The summed E-state index contributed by atoms with van der Waals surface area (Å²) in [6.45, 7) is 2.64. The fourth-order valence-electron chi connectivity index (χ4n) is 2.57. The number of halogens is 5. The van der Waals surface area contributed by atoms with E-state index in [4.69, 9.17) is 5.73 Å². The zero-order chi connectivity index (χ0) is 14.8. The van der Waals surface area contributed by atoms with Gasteiger partial charge in [-0.05, 0) is 56.1 Å². The molecule has 2 nitrogen and oxygen atoms in total. The molecule has 1 heterocycles. The van der Waals surface area contributed by atoms with Gasteiger partial charge in [0, 0.05) is 11.0 Å². The van der Waals surface area contributed by atoms with E-state index in [2.05, 4.69) is 20.8 Å². The average Bonchev–Trinajstić information content (AvgIpc) is 2.40. The van der Waals surface area contributed by atoms with Crippen molar-refractivity contribution in [3.63, 3.8) is 0 Å². The largest absolute Gasteiger partial charge is 0.416 e. The number of hydrogen-bond donors (Lipinski definition) is 1. The van der Waals surface area contributed by atoms with Crippen LogP contribution < -0.4 is 5.73 Å². The van der Waals surface area contributed by atoms with E-state index < -0.39 is 11.7 Å². The summed E-state index contributed by atoms with van der Waals surface area (Å²) in [7, 11) is 0. The van der Waals surface area contributed by atoms with E-state index in [1.54, 1.807) is 12.1 Å². The summed E-state index contributed by atoms with van der Waals surface area (Å²) in [4.78, 5) is 2.07. The fourth-order valence-corrected chi connectivity index (χ4v) is 2.93. The normalized spacial score (nSPS) is 17.6. The molecule has 0 saturated carbocycles. The molecular weight excluding hydrogens is 369 g/mol. The Hall–Kier alpha value is -0.300. The number of nitrogens with two attached hydrogens (primary N) is 1. The molecule has 1 aliphatic rings. The second kappa shape index (κ2) is 7.81. The lowest BCUT2D eigenvalue weighted by Crippen LogP contribution is -2.36. The van der Waals surface area contributed by atoms with Crippen LogP contribution in [-0.4, -0.2) is 24.5 Å². The summed E-state index contributed by atoms with van der Waals surface area (Å²) in [5, 5.41) is 0. The third kappa shape index (κ3) is 5.13. The van der Waals surface area contributed by atoms with E-state index >= 15 is 0 Å². The van der Waals surface area contributed by atoms with Crippen LogP contribution in [0.4, 0.5) is 13.2 Å².